The third kappa shape index (κ3) is 2.74. The van der Waals surface area contributed by atoms with E-state index in [0.717, 1.165) is 23.1 Å². The number of hydrogen-bond acceptors (Lipinski definition) is 3. The van der Waals surface area contributed by atoms with Crippen LogP contribution in [-0.4, -0.2) is 15.9 Å². The van der Waals surface area contributed by atoms with Gasteiger partial charge in [0.15, 0.2) is 5.78 Å². The second kappa shape index (κ2) is 5.45. The van der Waals surface area contributed by atoms with Gasteiger partial charge in [-0.2, -0.15) is 0 Å². The molecule has 0 fully saturated rings. The van der Waals surface area contributed by atoms with Crippen LogP contribution in [0.5, 0.6) is 5.75 Å². The van der Waals surface area contributed by atoms with Crippen LogP contribution in [0.4, 0.5) is 0 Å². The zero-order valence-electron chi connectivity index (χ0n) is 10.3. The Morgan fingerprint density at radius 1 is 1.22 bits per heavy atom. The van der Waals surface area contributed by atoms with Gasteiger partial charge in [-0.1, -0.05) is 19.1 Å². The number of pyridine rings is 1. The van der Waals surface area contributed by atoms with Gasteiger partial charge in [-0.25, -0.2) is 0 Å². The fraction of sp³-hybridized carbons (Fsp3) is 0.200. The molecule has 0 saturated carbocycles. The molecule has 0 amide bonds. The molecule has 18 heavy (non-hydrogen) atoms. The van der Waals surface area contributed by atoms with Crippen molar-refractivity contribution in [3.05, 3.63) is 59.4 Å². The van der Waals surface area contributed by atoms with Gasteiger partial charge >= 0.3 is 0 Å². The summed E-state index contributed by atoms with van der Waals surface area (Å²) in [5, 5.41) is 9.20. The lowest BCUT2D eigenvalue weighted by Crippen LogP contribution is -2.07. The molecule has 1 aromatic heterocycles. The van der Waals surface area contributed by atoms with Crippen LogP contribution >= 0.6 is 0 Å². The van der Waals surface area contributed by atoms with Crippen molar-refractivity contribution in [3.8, 4) is 5.75 Å². The van der Waals surface area contributed by atoms with E-state index in [-0.39, 0.29) is 11.5 Å². The van der Waals surface area contributed by atoms with Gasteiger partial charge in [0.05, 0.1) is 0 Å². The lowest BCUT2D eigenvalue weighted by atomic mass is 9.99. The fourth-order valence-corrected chi connectivity index (χ4v) is 1.88. The van der Waals surface area contributed by atoms with E-state index in [1.54, 1.807) is 42.7 Å². The van der Waals surface area contributed by atoms with Crippen molar-refractivity contribution in [2.75, 3.05) is 0 Å². The molecule has 0 aliphatic heterocycles. The number of carbonyl (C=O) groups excluding carboxylic acids is 1. The Morgan fingerprint density at radius 2 is 1.94 bits per heavy atom. The monoisotopic (exact) mass is 241 g/mol. The number of phenols is 1. The van der Waals surface area contributed by atoms with Crippen molar-refractivity contribution >= 4 is 5.78 Å². The number of nitrogens with zero attached hydrogens (tertiary/aromatic N) is 1. The molecule has 1 N–H and O–H groups in total. The number of Topliss-reactive ketones (excluding diaryl/α,β-unsaturated/α-hetero) is 1. The maximum absolute atomic E-state index is 12.2. The molecule has 2 aromatic rings. The number of ketones is 1. The number of aryl methyl sites for hydroxylation is 1. The number of benzene rings is 1. The highest BCUT2D eigenvalue weighted by molar-refractivity contribution is 5.98. The molecule has 92 valence electrons. The molecular weight excluding hydrogens is 226 g/mol. The maximum atomic E-state index is 12.2. The van der Waals surface area contributed by atoms with Gasteiger partial charge in [-0.3, -0.25) is 9.78 Å². The van der Waals surface area contributed by atoms with Crippen LogP contribution in [0.15, 0.2) is 42.7 Å². The van der Waals surface area contributed by atoms with Gasteiger partial charge in [0.25, 0.3) is 0 Å². The van der Waals surface area contributed by atoms with E-state index >= 15 is 0 Å². The summed E-state index contributed by atoms with van der Waals surface area (Å²) < 4.78 is 0. The Labute approximate surface area is 106 Å². The number of hydrogen-bond donors (Lipinski definition) is 1. The molecule has 3 nitrogen and oxygen atoms in total. The summed E-state index contributed by atoms with van der Waals surface area (Å²) in [4.78, 5) is 16.2. The fourth-order valence-electron chi connectivity index (χ4n) is 1.88. The predicted molar refractivity (Wildman–Crippen MR) is 69.8 cm³/mol. The average molecular weight is 241 g/mol. The lowest BCUT2D eigenvalue weighted by Gasteiger charge is -2.06. The first kappa shape index (κ1) is 12.3. The van der Waals surface area contributed by atoms with Crippen molar-refractivity contribution in [1.82, 2.24) is 4.98 Å². The zero-order valence-corrected chi connectivity index (χ0v) is 10.3. The van der Waals surface area contributed by atoms with E-state index in [0.29, 0.717) is 6.42 Å². The molecule has 1 heterocycles. The summed E-state index contributed by atoms with van der Waals surface area (Å²) >= 11 is 0. The third-order valence-corrected chi connectivity index (χ3v) is 2.89. The normalized spacial score (nSPS) is 10.3. The molecule has 0 bridgehead atoms. The van der Waals surface area contributed by atoms with E-state index in [1.165, 1.54) is 0 Å². The van der Waals surface area contributed by atoms with Gasteiger partial charge in [0, 0.05) is 24.4 Å². The van der Waals surface area contributed by atoms with Crippen LogP contribution in [0.2, 0.25) is 0 Å². The summed E-state index contributed by atoms with van der Waals surface area (Å²) in [6.45, 7) is 2.01. The van der Waals surface area contributed by atoms with Crippen LogP contribution in [-0.2, 0) is 12.8 Å². The van der Waals surface area contributed by atoms with Crippen molar-refractivity contribution in [3.63, 3.8) is 0 Å². The maximum Gasteiger partial charge on any atom is 0.167 e. The first-order valence-corrected chi connectivity index (χ1v) is 5.94. The predicted octanol–water partition coefficient (Wildman–Crippen LogP) is 2.78. The number of aromatic hydroxyl groups is 1. The quantitative estimate of drug-likeness (QED) is 0.837. The van der Waals surface area contributed by atoms with E-state index in [2.05, 4.69) is 4.98 Å². The minimum Gasteiger partial charge on any atom is -0.508 e. The van der Waals surface area contributed by atoms with Gasteiger partial charge in [-0.15, -0.1) is 0 Å². The van der Waals surface area contributed by atoms with Gasteiger partial charge in [0.2, 0.25) is 0 Å². The molecule has 3 heteroatoms. The smallest absolute Gasteiger partial charge is 0.167 e. The molecule has 1 aromatic carbocycles. The molecule has 0 spiro atoms. The largest absolute Gasteiger partial charge is 0.508 e. The van der Waals surface area contributed by atoms with Crippen LogP contribution in [0.25, 0.3) is 0 Å². The number of rotatable bonds is 4. The Bertz CT molecular complexity index is 547. The van der Waals surface area contributed by atoms with E-state index in [4.69, 9.17) is 0 Å². The Kier molecular flexibility index (Phi) is 3.72. The van der Waals surface area contributed by atoms with Crippen LogP contribution in [0.3, 0.4) is 0 Å². The second-order valence-corrected chi connectivity index (χ2v) is 4.15. The van der Waals surface area contributed by atoms with E-state index < -0.39 is 0 Å². The summed E-state index contributed by atoms with van der Waals surface area (Å²) in [7, 11) is 0. The Balaban J connectivity index is 2.19. The number of phenolic OH excluding ortho intramolecular Hbond substituents is 1. The minimum atomic E-state index is 0.0833. The van der Waals surface area contributed by atoms with Gasteiger partial charge in [0.1, 0.15) is 5.75 Å². The number of aromatic nitrogens is 1. The summed E-state index contributed by atoms with van der Waals surface area (Å²) in [6.07, 6.45) is 4.52. The highest BCUT2D eigenvalue weighted by Crippen LogP contribution is 2.14. The van der Waals surface area contributed by atoms with Crippen LogP contribution in [0, 0.1) is 0 Å². The van der Waals surface area contributed by atoms with Crippen molar-refractivity contribution < 1.29 is 9.90 Å². The van der Waals surface area contributed by atoms with Gasteiger partial charge in [-0.05, 0) is 35.7 Å². The molecule has 0 aliphatic rings. The molecular formula is C15H15NO2. The number of carbonyl (C=O) groups is 1. The molecule has 0 atom stereocenters. The van der Waals surface area contributed by atoms with Crippen molar-refractivity contribution in [2.24, 2.45) is 0 Å². The van der Waals surface area contributed by atoms with Crippen molar-refractivity contribution in [1.29, 1.82) is 0 Å². The van der Waals surface area contributed by atoms with Crippen LogP contribution in [0.1, 0.15) is 28.4 Å². The lowest BCUT2D eigenvalue weighted by molar-refractivity contribution is 0.0992. The highest BCUT2D eigenvalue weighted by Gasteiger charge is 2.10. The van der Waals surface area contributed by atoms with Crippen LogP contribution < -0.4 is 0 Å². The topological polar surface area (TPSA) is 50.2 Å². The van der Waals surface area contributed by atoms with Crippen molar-refractivity contribution in [2.45, 2.75) is 19.8 Å². The summed E-state index contributed by atoms with van der Waals surface area (Å²) in [5.74, 6) is 0.296. The van der Waals surface area contributed by atoms with E-state index in [1.807, 2.05) is 6.92 Å². The molecule has 0 saturated heterocycles. The average Bonchev–Trinajstić information content (AvgIpc) is 2.41. The Morgan fingerprint density at radius 3 is 2.61 bits per heavy atom. The first-order chi connectivity index (χ1) is 8.70. The summed E-state index contributed by atoms with van der Waals surface area (Å²) in [5.41, 5.74) is 2.61. The SMILES string of the molecule is CCc1cnccc1C(=O)Cc1ccc(O)cc1. The second-order valence-electron chi connectivity index (χ2n) is 4.15. The molecule has 0 aliphatic carbocycles. The van der Waals surface area contributed by atoms with Gasteiger partial charge < -0.3 is 5.11 Å². The van der Waals surface area contributed by atoms with E-state index in [9.17, 15) is 9.90 Å². The zero-order chi connectivity index (χ0) is 13.0. The summed E-state index contributed by atoms with van der Waals surface area (Å²) in [6, 6.07) is 8.48. The standard InChI is InChI=1S/C15H15NO2/c1-2-12-10-16-8-7-14(12)15(18)9-11-3-5-13(17)6-4-11/h3-8,10,17H,2,9H2,1H3. The third-order valence-electron chi connectivity index (χ3n) is 2.89. The molecule has 0 unspecified atom stereocenters. The highest BCUT2D eigenvalue weighted by atomic mass is 16.3. The minimum absolute atomic E-state index is 0.0833. The Hall–Kier alpha value is -2.16. The first-order valence-electron chi connectivity index (χ1n) is 5.94. The molecule has 2 rings (SSSR count). The molecule has 0 radical (unpaired) electrons.